The Morgan fingerprint density at radius 1 is 1.13 bits per heavy atom. The molecule has 1 rings (SSSR count). The minimum absolute atomic E-state index is 0.154. The Morgan fingerprint density at radius 3 is 2.30 bits per heavy atom. The maximum Gasteiger partial charge on any atom is 0.303 e. The van der Waals surface area contributed by atoms with E-state index in [1.807, 2.05) is 0 Å². The van der Waals surface area contributed by atoms with Gasteiger partial charge in [-0.1, -0.05) is 6.08 Å². The van der Waals surface area contributed by atoms with E-state index in [0.29, 0.717) is 0 Å². The normalized spacial score (nSPS) is 26.9. The van der Waals surface area contributed by atoms with E-state index in [9.17, 15) is 14.4 Å². The molecule has 0 radical (unpaired) electrons. The van der Waals surface area contributed by atoms with Crippen molar-refractivity contribution in [1.82, 2.24) is 0 Å². The fraction of sp³-hybridized carbons (Fsp3) is 0.667. The standard InChI is InChI=1S/C15H22O8/c1-5-6-19-14-7-12(21-10(3)17)15(22-11(4)18)13(23-14)8-20-9(2)16/h5,12-15H,1,6-8H2,2-4H3/t12?,13?,14-,15-/m0/s1. The quantitative estimate of drug-likeness (QED) is 0.383. The van der Waals surface area contributed by atoms with Crippen LogP contribution in [0.4, 0.5) is 0 Å². The van der Waals surface area contributed by atoms with E-state index >= 15 is 0 Å². The van der Waals surface area contributed by atoms with Crippen molar-refractivity contribution in [3.63, 3.8) is 0 Å². The topological polar surface area (TPSA) is 97.4 Å². The molecule has 0 amide bonds. The third-order valence-corrected chi connectivity index (χ3v) is 2.95. The first-order valence-electron chi connectivity index (χ1n) is 7.19. The molecule has 1 aliphatic heterocycles. The Balaban J connectivity index is 2.90. The molecule has 1 saturated heterocycles. The first-order valence-corrected chi connectivity index (χ1v) is 7.19. The molecule has 1 fully saturated rings. The molecule has 1 aliphatic rings. The summed E-state index contributed by atoms with van der Waals surface area (Å²) in [6.45, 7) is 7.35. The van der Waals surface area contributed by atoms with Gasteiger partial charge in [0, 0.05) is 27.2 Å². The summed E-state index contributed by atoms with van der Waals surface area (Å²) >= 11 is 0. The van der Waals surface area contributed by atoms with E-state index in [1.165, 1.54) is 20.8 Å². The van der Waals surface area contributed by atoms with Crippen LogP contribution in [0.3, 0.4) is 0 Å². The number of ether oxygens (including phenoxy) is 5. The van der Waals surface area contributed by atoms with Crippen LogP contribution in [0.2, 0.25) is 0 Å². The largest absolute Gasteiger partial charge is 0.463 e. The van der Waals surface area contributed by atoms with Crippen LogP contribution in [0.1, 0.15) is 27.2 Å². The first-order chi connectivity index (χ1) is 10.8. The second-order valence-electron chi connectivity index (χ2n) is 4.99. The molecule has 0 aromatic heterocycles. The molecular weight excluding hydrogens is 308 g/mol. The zero-order chi connectivity index (χ0) is 17.4. The highest BCUT2D eigenvalue weighted by atomic mass is 16.7. The molecule has 8 heteroatoms. The summed E-state index contributed by atoms with van der Waals surface area (Å²) in [7, 11) is 0. The maximum absolute atomic E-state index is 11.3. The van der Waals surface area contributed by atoms with E-state index in [1.54, 1.807) is 6.08 Å². The molecule has 0 saturated carbocycles. The van der Waals surface area contributed by atoms with Crippen molar-refractivity contribution >= 4 is 17.9 Å². The number of hydrogen-bond acceptors (Lipinski definition) is 8. The summed E-state index contributed by atoms with van der Waals surface area (Å²) < 4.78 is 26.4. The van der Waals surface area contributed by atoms with Gasteiger partial charge < -0.3 is 23.7 Å². The summed E-state index contributed by atoms with van der Waals surface area (Å²) in [5, 5.41) is 0. The lowest BCUT2D eigenvalue weighted by Crippen LogP contribution is -2.54. The predicted molar refractivity (Wildman–Crippen MR) is 77.2 cm³/mol. The number of hydrogen-bond donors (Lipinski definition) is 0. The summed E-state index contributed by atoms with van der Waals surface area (Å²) in [4.78, 5) is 33.6. The van der Waals surface area contributed by atoms with Gasteiger partial charge in [0.25, 0.3) is 0 Å². The zero-order valence-corrected chi connectivity index (χ0v) is 13.5. The zero-order valence-electron chi connectivity index (χ0n) is 13.5. The van der Waals surface area contributed by atoms with Crippen LogP contribution in [0, 0.1) is 0 Å². The Labute approximate surface area is 134 Å². The fourth-order valence-electron chi connectivity index (χ4n) is 2.18. The Hall–Kier alpha value is -1.93. The van der Waals surface area contributed by atoms with Crippen molar-refractivity contribution in [2.24, 2.45) is 0 Å². The molecule has 0 aromatic carbocycles. The lowest BCUT2D eigenvalue weighted by Gasteiger charge is -2.39. The Morgan fingerprint density at radius 2 is 1.78 bits per heavy atom. The van der Waals surface area contributed by atoms with Crippen LogP contribution >= 0.6 is 0 Å². The van der Waals surface area contributed by atoms with Crippen molar-refractivity contribution in [1.29, 1.82) is 0 Å². The van der Waals surface area contributed by atoms with Crippen LogP contribution in [0.25, 0.3) is 0 Å². The van der Waals surface area contributed by atoms with Crippen molar-refractivity contribution < 1.29 is 38.1 Å². The molecule has 0 spiro atoms. The molecule has 8 nitrogen and oxygen atoms in total. The van der Waals surface area contributed by atoms with Gasteiger partial charge >= 0.3 is 17.9 Å². The van der Waals surface area contributed by atoms with Crippen LogP contribution < -0.4 is 0 Å². The van der Waals surface area contributed by atoms with Gasteiger partial charge in [-0.15, -0.1) is 6.58 Å². The molecule has 0 aromatic rings. The smallest absolute Gasteiger partial charge is 0.303 e. The van der Waals surface area contributed by atoms with Crippen LogP contribution in [0.15, 0.2) is 12.7 Å². The van der Waals surface area contributed by atoms with E-state index in [4.69, 9.17) is 23.7 Å². The summed E-state index contributed by atoms with van der Waals surface area (Å²) in [5.41, 5.74) is 0. The minimum Gasteiger partial charge on any atom is -0.463 e. The molecule has 2 unspecified atom stereocenters. The van der Waals surface area contributed by atoms with Gasteiger partial charge in [0.05, 0.1) is 6.61 Å². The Kier molecular flexibility index (Phi) is 7.70. The van der Waals surface area contributed by atoms with Gasteiger partial charge in [0.2, 0.25) is 0 Å². The fourth-order valence-corrected chi connectivity index (χ4v) is 2.18. The van der Waals surface area contributed by atoms with Gasteiger partial charge in [-0.25, -0.2) is 0 Å². The highest BCUT2D eigenvalue weighted by Gasteiger charge is 2.44. The van der Waals surface area contributed by atoms with E-state index < -0.39 is 42.5 Å². The van der Waals surface area contributed by atoms with Crippen LogP contribution in [0.5, 0.6) is 0 Å². The number of carbonyl (C=O) groups excluding carboxylic acids is 3. The molecule has 0 bridgehead atoms. The third kappa shape index (κ3) is 6.79. The average Bonchev–Trinajstić information content (AvgIpc) is 2.44. The number of rotatable bonds is 7. The third-order valence-electron chi connectivity index (χ3n) is 2.95. The SMILES string of the molecule is C=CCO[C@@H]1CC(OC(C)=O)[C@H](OC(C)=O)C(COC(C)=O)O1. The second kappa shape index (κ2) is 9.26. The molecule has 1 heterocycles. The monoisotopic (exact) mass is 330 g/mol. The minimum atomic E-state index is -0.890. The van der Waals surface area contributed by atoms with Gasteiger partial charge in [0.15, 0.2) is 12.4 Å². The molecule has 4 atom stereocenters. The van der Waals surface area contributed by atoms with E-state index in [-0.39, 0.29) is 19.6 Å². The predicted octanol–water partition coefficient (Wildman–Crippen LogP) is 0.730. The highest BCUT2D eigenvalue weighted by Crippen LogP contribution is 2.27. The molecular formula is C15H22O8. The van der Waals surface area contributed by atoms with Crippen molar-refractivity contribution in [2.45, 2.75) is 51.8 Å². The van der Waals surface area contributed by atoms with Gasteiger partial charge in [-0.05, 0) is 0 Å². The van der Waals surface area contributed by atoms with Gasteiger partial charge in [-0.2, -0.15) is 0 Å². The van der Waals surface area contributed by atoms with Crippen molar-refractivity contribution in [2.75, 3.05) is 13.2 Å². The molecule has 130 valence electrons. The molecule has 0 N–H and O–H groups in total. The lowest BCUT2D eigenvalue weighted by atomic mass is 10.0. The summed E-state index contributed by atoms with van der Waals surface area (Å²) in [6.07, 6.45) is -1.44. The van der Waals surface area contributed by atoms with Crippen molar-refractivity contribution in [3.05, 3.63) is 12.7 Å². The van der Waals surface area contributed by atoms with Crippen LogP contribution in [-0.4, -0.2) is 55.7 Å². The van der Waals surface area contributed by atoms with E-state index in [2.05, 4.69) is 6.58 Å². The van der Waals surface area contributed by atoms with Gasteiger partial charge in [-0.3, -0.25) is 14.4 Å². The molecule has 23 heavy (non-hydrogen) atoms. The maximum atomic E-state index is 11.3. The average molecular weight is 330 g/mol. The highest BCUT2D eigenvalue weighted by molar-refractivity contribution is 5.67. The number of carbonyl (C=O) groups is 3. The van der Waals surface area contributed by atoms with E-state index in [0.717, 1.165) is 0 Å². The lowest BCUT2D eigenvalue weighted by molar-refractivity contribution is -0.263. The molecule has 0 aliphatic carbocycles. The van der Waals surface area contributed by atoms with Gasteiger partial charge in [0.1, 0.15) is 18.8 Å². The van der Waals surface area contributed by atoms with Crippen LogP contribution in [-0.2, 0) is 38.1 Å². The number of esters is 3. The summed E-state index contributed by atoms with van der Waals surface area (Å²) in [6, 6.07) is 0. The van der Waals surface area contributed by atoms with Crippen molar-refractivity contribution in [3.8, 4) is 0 Å². The second-order valence-corrected chi connectivity index (χ2v) is 4.99. The first kappa shape index (κ1) is 19.1. The Bertz CT molecular complexity index is 447. The summed E-state index contributed by atoms with van der Waals surface area (Å²) in [5.74, 6) is -1.59.